The van der Waals surface area contributed by atoms with Crippen LogP contribution in [0.1, 0.15) is 18.4 Å². The smallest absolute Gasteiger partial charge is 0.408 e. The summed E-state index contributed by atoms with van der Waals surface area (Å²) in [5.41, 5.74) is 7.46. The summed E-state index contributed by atoms with van der Waals surface area (Å²) in [6.45, 7) is 0.994. The van der Waals surface area contributed by atoms with E-state index in [2.05, 4.69) is 4.98 Å². The Kier molecular flexibility index (Phi) is 4.01. The van der Waals surface area contributed by atoms with Gasteiger partial charge in [0, 0.05) is 20.0 Å². The monoisotopic (exact) mass is 263 g/mol. The summed E-state index contributed by atoms with van der Waals surface area (Å²) < 4.78 is 4.98. The highest BCUT2D eigenvalue weighted by Gasteiger charge is 2.09. The van der Waals surface area contributed by atoms with E-state index < -0.39 is 5.76 Å². The standard InChI is InChI=1S/C13H17N3O3/c1-16(12(17)3-2-6-14)8-9-4-5-10-11(7-9)19-13(18)15-10/h4-5,7H,2-3,6,8,14H2,1H3,(H,15,18). The lowest BCUT2D eigenvalue weighted by atomic mass is 10.2. The van der Waals surface area contributed by atoms with Crippen LogP contribution in [0.4, 0.5) is 0 Å². The zero-order valence-electron chi connectivity index (χ0n) is 10.8. The topological polar surface area (TPSA) is 92.3 Å². The number of H-pyrrole nitrogens is 1. The maximum absolute atomic E-state index is 11.8. The van der Waals surface area contributed by atoms with Crippen molar-refractivity contribution in [3.8, 4) is 0 Å². The lowest BCUT2D eigenvalue weighted by Gasteiger charge is -2.17. The maximum atomic E-state index is 11.8. The Morgan fingerprint density at radius 2 is 2.26 bits per heavy atom. The Hall–Kier alpha value is -2.08. The minimum Gasteiger partial charge on any atom is -0.408 e. The van der Waals surface area contributed by atoms with Crippen LogP contribution in [0.2, 0.25) is 0 Å². The number of amides is 1. The summed E-state index contributed by atoms with van der Waals surface area (Å²) in [7, 11) is 1.75. The van der Waals surface area contributed by atoms with Crippen LogP contribution in [0.5, 0.6) is 0 Å². The number of oxazole rings is 1. The molecule has 0 spiro atoms. The number of nitrogens with zero attached hydrogens (tertiary/aromatic N) is 1. The van der Waals surface area contributed by atoms with Crippen LogP contribution in [-0.2, 0) is 11.3 Å². The van der Waals surface area contributed by atoms with Gasteiger partial charge in [0.15, 0.2) is 5.58 Å². The summed E-state index contributed by atoms with van der Waals surface area (Å²) in [6.07, 6.45) is 1.14. The van der Waals surface area contributed by atoms with E-state index in [0.29, 0.717) is 37.0 Å². The molecule has 1 aromatic carbocycles. The molecule has 102 valence electrons. The van der Waals surface area contributed by atoms with E-state index in [0.717, 1.165) is 5.56 Å². The first-order valence-electron chi connectivity index (χ1n) is 6.16. The molecule has 2 aromatic rings. The summed E-state index contributed by atoms with van der Waals surface area (Å²) >= 11 is 0. The van der Waals surface area contributed by atoms with Crippen LogP contribution < -0.4 is 11.5 Å². The van der Waals surface area contributed by atoms with Gasteiger partial charge in [-0.1, -0.05) is 6.07 Å². The van der Waals surface area contributed by atoms with E-state index >= 15 is 0 Å². The molecule has 6 heteroatoms. The molecule has 1 aromatic heterocycles. The highest BCUT2D eigenvalue weighted by atomic mass is 16.4. The van der Waals surface area contributed by atoms with Crippen molar-refractivity contribution in [2.24, 2.45) is 5.73 Å². The molecule has 1 heterocycles. The maximum Gasteiger partial charge on any atom is 0.417 e. The minimum atomic E-state index is -0.473. The second kappa shape index (κ2) is 5.71. The van der Waals surface area contributed by atoms with Crippen LogP contribution >= 0.6 is 0 Å². The van der Waals surface area contributed by atoms with Gasteiger partial charge >= 0.3 is 5.76 Å². The predicted molar refractivity (Wildman–Crippen MR) is 71.6 cm³/mol. The van der Waals surface area contributed by atoms with Crippen molar-refractivity contribution < 1.29 is 9.21 Å². The number of hydrogen-bond donors (Lipinski definition) is 2. The summed E-state index contributed by atoms with van der Waals surface area (Å²) in [5, 5.41) is 0. The molecule has 3 N–H and O–H groups in total. The Morgan fingerprint density at radius 3 is 3.00 bits per heavy atom. The second-order valence-corrected chi connectivity index (χ2v) is 4.49. The van der Waals surface area contributed by atoms with Crippen molar-refractivity contribution in [2.45, 2.75) is 19.4 Å². The number of aromatic nitrogens is 1. The molecule has 0 saturated carbocycles. The molecule has 0 saturated heterocycles. The molecule has 1 amide bonds. The lowest BCUT2D eigenvalue weighted by Crippen LogP contribution is -2.26. The second-order valence-electron chi connectivity index (χ2n) is 4.49. The van der Waals surface area contributed by atoms with E-state index in [1.165, 1.54) is 0 Å². The zero-order chi connectivity index (χ0) is 13.8. The fraction of sp³-hybridized carbons (Fsp3) is 0.385. The van der Waals surface area contributed by atoms with E-state index in [-0.39, 0.29) is 5.91 Å². The first kappa shape index (κ1) is 13.4. The molecule has 2 rings (SSSR count). The van der Waals surface area contributed by atoms with Crippen molar-refractivity contribution in [1.82, 2.24) is 9.88 Å². The van der Waals surface area contributed by atoms with E-state index in [9.17, 15) is 9.59 Å². The van der Waals surface area contributed by atoms with Gasteiger partial charge in [0.1, 0.15) is 0 Å². The number of carbonyl (C=O) groups is 1. The molecule has 0 bridgehead atoms. The number of nitrogens with two attached hydrogens (primary N) is 1. The zero-order valence-corrected chi connectivity index (χ0v) is 10.8. The number of benzene rings is 1. The molecular formula is C13H17N3O3. The van der Waals surface area contributed by atoms with Gasteiger partial charge in [-0.15, -0.1) is 0 Å². The Bertz CT molecular complexity index is 629. The number of carbonyl (C=O) groups excluding carboxylic acids is 1. The number of hydrogen-bond acceptors (Lipinski definition) is 4. The fourth-order valence-electron chi connectivity index (χ4n) is 1.89. The number of aromatic amines is 1. The van der Waals surface area contributed by atoms with E-state index in [1.807, 2.05) is 6.07 Å². The van der Waals surface area contributed by atoms with Crippen LogP contribution in [0, 0.1) is 0 Å². The summed E-state index contributed by atoms with van der Waals surface area (Å²) in [5.74, 6) is -0.416. The number of fused-ring (bicyclic) bond motifs is 1. The van der Waals surface area contributed by atoms with Gasteiger partial charge in [-0.3, -0.25) is 9.78 Å². The molecule has 0 aliphatic heterocycles. The Labute approximate surface area is 110 Å². The minimum absolute atomic E-state index is 0.0565. The van der Waals surface area contributed by atoms with Gasteiger partial charge in [0.2, 0.25) is 5.91 Å². The molecule has 19 heavy (non-hydrogen) atoms. The quantitative estimate of drug-likeness (QED) is 0.835. The number of nitrogens with one attached hydrogen (secondary N) is 1. The van der Waals surface area contributed by atoms with Crippen molar-refractivity contribution >= 4 is 17.0 Å². The average Bonchev–Trinajstić information content (AvgIpc) is 2.75. The van der Waals surface area contributed by atoms with Crippen molar-refractivity contribution in [1.29, 1.82) is 0 Å². The molecular weight excluding hydrogens is 246 g/mol. The molecule has 0 unspecified atom stereocenters. The van der Waals surface area contributed by atoms with Gasteiger partial charge in [-0.2, -0.15) is 0 Å². The predicted octanol–water partition coefficient (Wildman–Crippen LogP) is 0.818. The molecule has 0 fully saturated rings. The Balaban J connectivity index is 2.08. The first-order chi connectivity index (χ1) is 9.10. The average molecular weight is 263 g/mol. The highest BCUT2D eigenvalue weighted by molar-refractivity contribution is 5.76. The van der Waals surface area contributed by atoms with E-state index in [1.54, 1.807) is 24.1 Å². The van der Waals surface area contributed by atoms with Crippen LogP contribution in [0.3, 0.4) is 0 Å². The summed E-state index contributed by atoms with van der Waals surface area (Å²) in [6, 6.07) is 5.40. The van der Waals surface area contributed by atoms with Crippen LogP contribution in [-0.4, -0.2) is 29.4 Å². The third-order valence-corrected chi connectivity index (χ3v) is 2.93. The van der Waals surface area contributed by atoms with Crippen LogP contribution in [0.25, 0.3) is 11.1 Å². The first-order valence-corrected chi connectivity index (χ1v) is 6.16. The number of rotatable bonds is 5. The normalized spacial score (nSPS) is 10.8. The SMILES string of the molecule is CN(Cc1ccc2[nH]c(=O)oc2c1)C(=O)CCCN. The van der Waals surface area contributed by atoms with Gasteiger partial charge in [0.25, 0.3) is 0 Å². The van der Waals surface area contributed by atoms with Crippen molar-refractivity contribution in [3.63, 3.8) is 0 Å². The Morgan fingerprint density at radius 1 is 1.47 bits per heavy atom. The molecule has 0 atom stereocenters. The van der Waals surface area contributed by atoms with Gasteiger partial charge < -0.3 is 15.1 Å². The molecule has 6 nitrogen and oxygen atoms in total. The fourth-order valence-corrected chi connectivity index (χ4v) is 1.89. The highest BCUT2D eigenvalue weighted by Crippen LogP contribution is 2.14. The third-order valence-electron chi connectivity index (χ3n) is 2.93. The largest absolute Gasteiger partial charge is 0.417 e. The van der Waals surface area contributed by atoms with Crippen molar-refractivity contribution in [2.75, 3.05) is 13.6 Å². The third kappa shape index (κ3) is 3.23. The lowest BCUT2D eigenvalue weighted by molar-refractivity contribution is -0.130. The molecule has 0 aliphatic rings. The summed E-state index contributed by atoms with van der Waals surface area (Å²) in [4.78, 5) is 27.0. The van der Waals surface area contributed by atoms with Crippen molar-refractivity contribution in [3.05, 3.63) is 34.3 Å². The van der Waals surface area contributed by atoms with E-state index in [4.69, 9.17) is 10.2 Å². The van der Waals surface area contributed by atoms with Crippen LogP contribution in [0.15, 0.2) is 27.4 Å². The van der Waals surface area contributed by atoms with Gasteiger partial charge in [-0.25, -0.2) is 4.79 Å². The van der Waals surface area contributed by atoms with Gasteiger partial charge in [-0.05, 0) is 30.7 Å². The van der Waals surface area contributed by atoms with Gasteiger partial charge in [0.05, 0.1) is 5.52 Å². The molecule has 0 radical (unpaired) electrons. The molecule has 0 aliphatic carbocycles.